The Morgan fingerprint density at radius 3 is 2.57 bits per heavy atom. The van der Waals surface area contributed by atoms with Gasteiger partial charge in [-0.05, 0) is 38.2 Å². The van der Waals surface area contributed by atoms with Crippen LogP contribution in [0.25, 0.3) is 10.2 Å². The molecule has 0 radical (unpaired) electrons. The van der Waals surface area contributed by atoms with Crippen LogP contribution in [0, 0.1) is 19.8 Å². The zero-order valence-electron chi connectivity index (χ0n) is 13.0. The largest absolute Gasteiger partial charge is 0.383 e. The zero-order valence-corrected chi connectivity index (χ0v) is 13.8. The number of anilines is 1. The molecule has 0 bridgehead atoms. The first-order valence-electron chi connectivity index (χ1n) is 7.67. The van der Waals surface area contributed by atoms with Crippen LogP contribution in [-0.4, -0.2) is 17.1 Å². The highest BCUT2D eigenvalue weighted by atomic mass is 32.1. The van der Waals surface area contributed by atoms with Gasteiger partial charge in [0.25, 0.3) is 0 Å². The first-order chi connectivity index (χ1) is 10.1. The van der Waals surface area contributed by atoms with Crippen molar-refractivity contribution in [1.29, 1.82) is 0 Å². The molecule has 2 heterocycles. The molecular formula is C16H23N3OS. The number of hydrogen-bond acceptors (Lipinski definition) is 5. The summed E-state index contributed by atoms with van der Waals surface area (Å²) < 4.78 is 5.74. The van der Waals surface area contributed by atoms with E-state index in [1.54, 1.807) is 18.4 Å². The molecule has 2 N–H and O–H groups in total. The molecular weight excluding hydrogens is 282 g/mol. The minimum absolute atomic E-state index is 0.0280. The van der Waals surface area contributed by atoms with E-state index in [1.807, 2.05) is 0 Å². The molecule has 0 saturated heterocycles. The maximum atomic E-state index is 6.19. The van der Waals surface area contributed by atoms with Crippen molar-refractivity contribution in [2.24, 2.45) is 5.92 Å². The van der Waals surface area contributed by atoms with Gasteiger partial charge in [0.1, 0.15) is 16.8 Å². The normalized spacial score (nSPS) is 18.2. The number of aromatic nitrogens is 2. The summed E-state index contributed by atoms with van der Waals surface area (Å²) in [7, 11) is 1.76. The van der Waals surface area contributed by atoms with Crippen molar-refractivity contribution in [3.63, 3.8) is 0 Å². The second-order valence-electron chi connectivity index (χ2n) is 5.98. The second-order valence-corrected chi connectivity index (χ2v) is 7.19. The Hall–Kier alpha value is -1.20. The zero-order chi connectivity index (χ0) is 15.0. The molecule has 114 valence electrons. The summed E-state index contributed by atoms with van der Waals surface area (Å²) in [6, 6.07) is 0. The molecule has 0 spiro atoms. The van der Waals surface area contributed by atoms with Crippen LogP contribution in [0.15, 0.2) is 0 Å². The summed E-state index contributed by atoms with van der Waals surface area (Å²) in [6.45, 7) is 4.19. The SMILES string of the molecule is COC(c1nc(N)c2c(C)c(C)sc2n1)C1CCCCC1. The van der Waals surface area contributed by atoms with Gasteiger partial charge in [-0.15, -0.1) is 11.3 Å². The Balaban J connectivity index is 2.02. The molecule has 2 aromatic heterocycles. The first-order valence-corrected chi connectivity index (χ1v) is 8.49. The maximum Gasteiger partial charge on any atom is 0.161 e. The van der Waals surface area contributed by atoms with Crippen molar-refractivity contribution in [1.82, 2.24) is 9.97 Å². The number of ether oxygens (including phenoxy) is 1. The lowest BCUT2D eigenvalue weighted by molar-refractivity contribution is 0.0293. The van der Waals surface area contributed by atoms with Crippen molar-refractivity contribution >= 4 is 27.4 Å². The van der Waals surface area contributed by atoms with Gasteiger partial charge in [-0.3, -0.25) is 0 Å². The summed E-state index contributed by atoms with van der Waals surface area (Å²) in [4.78, 5) is 11.6. The van der Waals surface area contributed by atoms with Gasteiger partial charge in [0.2, 0.25) is 0 Å². The van der Waals surface area contributed by atoms with Gasteiger partial charge < -0.3 is 10.5 Å². The molecule has 21 heavy (non-hydrogen) atoms. The molecule has 2 aromatic rings. The number of fused-ring (bicyclic) bond motifs is 1. The smallest absolute Gasteiger partial charge is 0.161 e. The summed E-state index contributed by atoms with van der Waals surface area (Å²) in [5.74, 6) is 1.87. The number of hydrogen-bond donors (Lipinski definition) is 1. The fraction of sp³-hybridized carbons (Fsp3) is 0.625. The average molecular weight is 305 g/mol. The third kappa shape index (κ3) is 2.64. The Morgan fingerprint density at radius 2 is 1.90 bits per heavy atom. The third-order valence-electron chi connectivity index (χ3n) is 4.66. The number of rotatable bonds is 3. The lowest BCUT2D eigenvalue weighted by atomic mass is 9.85. The van der Waals surface area contributed by atoms with Gasteiger partial charge in [0.15, 0.2) is 5.82 Å². The van der Waals surface area contributed by atoms with E-state index >= 15 is 0 Å². The Kier molecular flexibility index (Phi) is 4.13. The molecule has 3 rings (SSSR count). The minimum Gasteiger partial charge on any atom is -0.383 e. The number of nitrogens with two attached hydrogens (primary N) is 1. The number of nitrogens with zero attached hydrogens (tertiary/aromatic N) is 2. The molecule has 5 heteroatoms. The van der Waals surface area contributed by atoms with Crippen LogP contribution in [0.2, 0.25) is 0 Å². The average Bonchev–Trinajstić information content (AvgIpc) is 2.76. The number of aryl methyl sites for hydroxylation is 2. The number of methoxy groups -OCH3 is 1. The lowest BCUT2D eigenvalue weighted by Crippen LogP contribution is -2.20. The Labute approximate surface area is 129 Å². The van der Waals surface area contributed by atoms with Crippen molar-refractivity contribution < 1.29 is 4.74 Å². The first kappa shape index (κ1) is 14.7. The standard InChI is InChI=1S/C16H23N3OS/c1-9-10(2)21-16-12(9)14(17)18-15(19-16)13(20-3)11-7-5-4-6-8-11/h11,13H,4-8H2,1-3H3,(H2,17,18,19). The maximum absolute atomic E-state index is 6.19. The highest BCUT2D eigenvalue weighted by Gasteiger charge is 2.28. The summed E-state index contributed by atoms with van der Waals surface area (Å²) >= 11 is 1.69. The Morgan fingerprint density at radius 1 is 1.19 bits per heavy atom. The van der Waals surface area contributed by atoms with Crippen molar-refractivity contribution in [2.75, 3.05) is 12.8 Å². The van der Waals surface area contributed by atoms with Gasteiger partial charge in [-0.2, -0.15) is 0 Å². The molecule has 1 unspecified atom stereocenters. The topological polar surface area (TPSA) is 61.0 Å². The van der Waals surface area contributed by atoms with Crippen molar-refractivity contribution in [3.8, 4) is 0 Å². The number of thiophene rings is 1. The van der Waals surface area contributed by atoms with Crippen molar-refractivity contribution in [2.45, 2.75) is 52.1 Å². The van der Waals surface area contributed by atoms with E-state index in [9.17, 15) is 0 Å². The van der Waals surface area contributed by atoms with Crippen LogP contribution in [0.1, 0.15) is 54.5 Å². The van der Waals surface area contributed by atoms with Crippen LogP contribution >= 0.6 is 11.3 Å². The summed E-state index contributed by atoms with van der Waals surface area (Å²) in [5.41, 5.74) is 7.39. The van der Waals surface area contributed by atoms with Crippen LogP contribution in [0.3, 0.4) is 0 Å². The van der Waals surface area contributed by atoms with Gasteiger partial charge in [0.05, 0.1) is 5.39 Å². The fourth-order valence-electron chi connectivity index (χ4n) is 3.37. The molecule has 1 fully saturated rings. The predicted molar refractivity (Wildman–Crippen MR) is 87.6 cm³/mol. The van der Waals surface area contributed by atoms with E-state index < -0.39 is 0 Å². The molecule has 1 aliphatic rings. The van der Waals surface area contributed by atoms with E-state index in [4.69, 9.17) is 15.5 Å². The molecule has 4 nitrogen and oxygen atoms in total. The van der Waals surface area contributed by atoms with Crippen LogP contribution in [0.4, 0.5) is 5.82 Å². The molecule has 0 aliphatic heterocycles. The quantitative estimate of drug-likeness (QED) is 0.925. The van der Waals surface area contributed by atoms with Crippen LogP contribution in [0.5, 0.6) is 0 Å². The van der Waals surface area contributed by atoms with Gasteiger partial charge in [-0.1, -0.05) is 19.3 Å². The van der Waals surface area contributed by atoms with Crippen LogP contribution < -0.4 is 5.73 Å². The summed E-state index contributed by atoms with van der Waals surface area (Å²) in [5, 5.41) is 1.01. The van der Waals surface area contributed by atoms with E-state index in [1.165, 1.54) is 42.5 Å². The fourth-order valence-corrected chi connectivity index (χ4v) is 4.41. The molecule has 0 amide bonds. The second kappa shape index (κ2) is 5.89. The monoisotopic (exact) mass is 305 g/mol. The minimum atomic E-state index is -0.0280. The van der Waals surface area contributed by atoms with Gasteiger partial charge >= 0.3 is 0 Å². The van der Waals surface area contributed by atoms with E-state index in [0.29, 0.717) is 11.7 Å². The Bertz CT molecular complexity index is 646. The summed E-state index contributed by atoms with van der Waals surface area (Å²) in [6.07, 6.45) is 6.25. The molecule has 1 atom stereocenters. The number of nitrogen functional groups attached to an aromatic ring is 1. The van der Waals surface area contributed by atoms with E-state index in [-0.39, 0.29) is 6.10 Å². The van der Waals surface area contributed by atoms with Gasteiger partial charge in [-0.25, -0.2) is 9.97 Å². The third-order valence-corrected chi connectivity index (χ3v) is 5.76. The van der Waals surface area contributed by atoms with E-state index in [0.717, 1.165) is 16.0 Å². The highest BCUT2D eigenvalue weighted by Crippen LogP contribution is 2.38. The molecule has 0 aromatic carbocycles. The highest BCUT2D eigenvalue weighted by molar-refractivity contribution is 7.18. The molecule has 1 saturated carbocycles. The van der Waals surface area contributed by atoms with Crippen LogP contribution in [-0.2, 0) is 4.74 Å². The van der Waals surface area contributed by atoms with E-state index in [2.05, 4.69) is 18.8 Å². The van der Waals surface area contributed by atoms with Crippen molar-refractivity contribution in [3.05, 3.63) is 16.3 Å². The predicted octanol–water partition coefficient (Wildman–Crippen LogP) is 4.16. The van der Waals surface area contributed by atoms with Gasteiger partial charge in [0, 0.05) is 12.0 Å². The lowest BCUT2D eigenvalue weighted by Gasteiger charge is -2.28. The molecule has 1 aliphatic carbocycles.